The lowest BCUT2D eigenvalue weighted by Gasteiger charge is -2.28. The van der Waals surface area contributed by atoms with Crippen molar-refractivity contribution in [2.75, 3.05) is 0 Å². The number of hydrogen-bond acceptors (Lipinski definition) is 3. The number of halogens is 1. The van der Waals surface area contributed by atoms with Gasteiger partial charge in [0, 0.05) is 28.8 Å². The summed E-state index contributed by atoms with van der Waals surface area (Å²) in [7, 11) is 0. The monoisotopic (exact) mass is 950 g/mol. The van der Waals surface area contributed by atoms with Crippen LogP contribution in [0, 0.1) is 26.7 Å². The molecule has 5 aromatic rings. The number of nitrogens with zero attached hydrogens (tertiary/aromatic N) is 1. The van der Waals surface area contributed by atoms with Crippen LogP contribution in [-0.2, 0) is 19.3 Å². The molecule has 6 heterocycles. The topological polar surface area (TPSA) is 97.8 Å². The molecule has 0 aliphatic carbocycles. The molecular formula is C56H67IN6. The van der Waals surface area contributed by atoms with Crippen molar-refractivity contribution < 1.29 is 0 Å². The summed E-state index contributed by atoms with van der Waals surface area (Å²) >= 11 is 2.71. The fourth-order valence-corrected chi connectivity index (χ4v) is 12.4. The van der Waals surface area contributed by atoms with Crippen LogP contribution in [0.4, 0.5) is 0 Å². The zero-order chi connectivity index (χ0) is 45.0. The minimum absolute atomic E-state index is 0.192. The van der Waals surface area contributed by atoms with Crippen LogP contribution in [-0.4, -0.2) is 30.6 Å². The van der Waals surface area contributed by atoms with Crippen molar-refractivity contribution in [3.05, 3.63) is 167 Å². The van der Waals surface area contributed by atoms with Crippen molar-refractivity contribution >= 4 is 45.1 Å². The molecule has 10 bridgehead atoms. The molecule has 0 saturated heterocycles. The summed E-state index contributed by atoms with van der Waals surface area (Å²) in [6, 6.07) is 21.9. The first-order valence-corrected chi connectivity index (χ1v) is 24.7. The summed E-state index contributed by atoms with van der Waals surface area (Å²) in [5.74, 6) is 0.332. The molecule has 0 spiro atoms. The van der Waals surface area contributed by atoms with E-state index < -0.39 is 0 Å². The van der Waals surface area contributed by atoms with Gasteiger partial charge in [0.05, 0.1) is 55.2 Å². The van der Waals surface area contributed by atoms with E-state index >= 15 is 0 Å². The molecule has 0 amide bonds. The molecule has 3 aliphatic rings. The zero-order valence-corrected chi connectivity index (χ0v) is 41.8. The standard InChI is InChI=1S/C56H67IN6/c1-13-37-29(7)45(57)47-30(8)41(17-5)55(59-47)56-42(18-6)34(12)51(63-56)50-33(11)40(16-4)54(62-50)44(36-27-23-20-24-28-36)53-39(15-3)32(10)49(61-53)48-31(9)38(14-2)52(60-48)43(46(37)58)35-25-21-19-22-26-35/h19-28,30,45,47,59-60,62-63H,13-18,58H2,1-12H3/b37-29-,46-43-,53-44-. The van der Waals surface area contributed by atoms with Crippen LogP contribution >= 0.6 is 22.6 Å². The zero-order valence-electron chi connectivity index (χ0n) is 39.7. The average Bonchev–Trinajstić information content (AvgIpc) is 4.07. The first-order chi connectivity index (χ1) is 30.4. The van der Waals surface area contributed by atoms with Gasteiger partial charge in [0.1, 0.15) is 0 Å². The second kappa shape index (κ2) is 17.9. The number of hydrogen-bond donors (Lipinski definition) is 5. The molecule has 0 fully saturated rings. The summed E-state index contributed by atoms with van der Waals surface area (Å²) in [5, 5.41) is 4.18. The first-order valence-electron chi connectivity index (χ1n) is 23.5. The Bertz CT molecular complexity index is 2790. The van der Waals surface area contributed by atoms with Crippen molar-refractivity contribution in [2.45, 2.75) is 132 Å². The van der Waals surface area contributed by atoms with Gasteiger partial charge in [0.15, 0.2) is 0 Å². The summed E-state index contributed by atoms with van der Waals surface area (Å²) in [4.78, 5) is 18.0. The minimum Gasteiger partial charge on any atom is -0.398 e. The van der Waals surface area contributed by atoms with Gasteiger partial charge >= 0.3 is 0 Å². The van der Waals surface area contributed by atoms with Gasteiger partial charge in [0.25, 0.3) is 0 Å². The number of aromatic nitrogens is 3. The second-order valence-electron chi connectivity index (χ2n) is 17.8. The van der Waals surface area contributed by atoms with E-state index in [1.807, 2.05) is 0 Å². The van der Waals surface area contributed by atoms with Gasteiger partial charge < -0.3 is 26.0 Å². The van der Waals surface area contributed by atoms with Crippen LogP contribution < -0.4 is 11.1 Å². The lowest BCUT2D eigenvalue weighted by molar-refractivity contribution is 0.508. The highest BCUT2D eigenvalue weighted by Crippen LogP contribution is 2.46. The maximum atomic E-state index is 7.67. The Morgan fingerprint density at radius 3 is 1.57 bits per heavy atom. The Hall–Kier alpha value is -5.02. The van der Waals surface area contributed by atoms with E-state index in [0.29, 0.717) is 5.92 Å². The third kappa shape index (κ3) is 7.17. The molecule has 3 unspecified atom stereocenters. The summed E-state index contributed by atoms with van der Waals surface area (Å²) in [6.07, 6.45) is 5.34. The minimum atomic E-state index is 0.192. The van der Waals surface area contributed by atoms with Crippen LogP contribution in [0.3, 0.4) is 0 Å². The molecule has 3 aromatic heterocycles. The van der Waals surface area contributed by atoms with Gasteiger partial charge in [-0.25, -0.2) is 4.99 Å². The molecule has 3 atom stereocenters. The number of H-pyrrole nitrogens is 3. The highest BCUT2D eigenvalue weighted by Gasteiger charge is 2.39. The molecule has 8 rings (SSSR count). The first kappa shape index (κ1) is 44.6. The molecule has 328 valence electrons. The SMILES string of the molecule is CCC1=C(C)C2=N/C1=C(/c1ccccc1)c1[nH]c(c(C)c1CC)-c1[nH]c(c(CC)c1C)C1=C(CC)C(C)C(N1)C(I)/C(C)=C(CC)\C(N)=C(/c1ccccc1)c1[nH]c2c(C)c1CC. The van der Waals surface area contributed by atoms with Gasteiger partial charge in [-0.05, 0) is 140 Å². The third-order valence-corrected chi connectivity index (χ3v) is 16.4. The van der Waals surface area contributed by atoms with Crippen molar-refractivity contribution in [1.29, 1.82) is 0 Å². The Morgan fingerprint density at radius 2 is 1.05 bits per heavy atom. The Balaban J connectivity index is 1.53. The fourth-order valence-electron chi connectivity index (χ4n) is 11.3. The normalized spacial score (nSPS) is 22.8. The predicted octanol–water partition coefficient (Wildman–Crippen LogP) is 13.9. The van der Waals surface area contributed by atoms with Gasteiger partial charge in [-0.2, -0.15) is 0 Å². The van der Waals surface area contributed by atoms with Crippen molar-refractivity contribution in [1.82, 2.24) is 20.3 Å². The number of allylic oxidation sites excluding steroid dienone is 3. The molecule has 63 heavy (non-hydrogen) atoms. The molecular weight excluding hydrogens is 884 g/mol. The van der Waals surface area contributed by atoms with Crippen molar-refractivity contribution in [2.24, 2.45) is 16.6 Å². The molecule has 2 aromatic carbocycles. The van der Waals surface area contributed by atoms with Gasteiger partial charge in [-0.15, -0.1) is 0 Å². The largest absolute Gasteiger partial charge is 0.398 e. The average molecular weight is 951 g/mol. The number of fused-ring (bicyclic) bond motifs is 12. The third-order valence-electron chi connectivity index (χ3n) is 14.7. The highest BCUT2D eigenvalue weighted by molar-refractivity contribution is 14.1. The molecule has 7 heteroatoms. The van der Waals surface area contributed by atoms with E-state index in [4.69, 9.17) is 10.7 Å². The molecule has 0 saturated carbocycles. The lowest BCUT2D eigenvalue weighted by atomic mass is 9.86. The van der Waals surface area contributed by atoms with Gasteiger partial charge in [-0.1, -0.05) is 137 Å². The van der Waals surface area contributed by atoms with E-state index in [2.05, 4.69) is 187 Å². The number of nitrogens with two attached hydrogens (primary N) is 1. The number of nitrogens with one attached hydrogen (secondary N) is 4. The second-order valence-corrected chi connectivity index (χ2v) is 19.1. The van der Waals surface area contributed by atoms with Crippen LogP contribution in [0.2, 0.25) is 0 Å². The predicted molar refractivity (Wildman–Crippen MR) is 276 cm³/mol. The number of benzene rings is 2. The van der Waals surface area contributed by atoms with Gasteiger partial charge in [0.2, 0.25) is 0 Å². The quantitative estimate of drug-likeness (QED) is 0.0791. The summed E-state index contributed by atoms with van der Waals surface area (Å²) < 4.78 is 0.192. The number of aromatic amines is 3. The van der Waals surface area contributed by atoms with Crippen LogP contribution in [0.5, 0.6) is 0 Å². The van der Waals surface area contributed by atoms with E-state index in [-0.39, 0.29) is 9.97 Å². The summed E-state index contributed by atoms with van der Waals surface area (Å²) in [6.45, 7) is 27.6. The van der Waals surface area contributed by atoms with Crippen LogP contribution in [0.1, 0.15) is 149 Å². The van der Waals surface area contributed by atoms with Crippen LogP contribution in [0.25, 0.3) is 28.2 Å². The maximum Gasteiger partial charge on any atom is 0.0907 e. The van der Waals surface area contributed by atoms with E-state index in [1.165, 1.54) is 78.3 Å². The number of aliphatic imine (C=N–C) groups is 1. The lowest BCUT2D eigenvalue weighted by Crippen LogP contribution is -2.37. The van der Waals surface area contributed by atoms with Crippen molar-refractivity contribution in [3.63, 3.8) is 0 Å². The molecule has 0 radical (unpaired) electrons. The number of alkyl halides is 1. The maximum absolute atomic E-state index is 7.67. The Labute approximate surface area is 390 Å². The Morgan fingerprint density at radius 1 is 0.571 bits per heavy atom. The highest BCUT2D eigenvalue weighted by atomic mass is 127. The molecule has 6 N–H and O–H groups in total. The van der Waals surface area contributed by atoms with Gasteiger partial charge in [-0.3, -0.25) is 0 Å². The summed E-state index contributed by atoms with van der Waals surface area (Å²) in [5.41, 5.74) is 37.5. The van der Waals surface area contributed by atoms with Crippen LogP contribution in [0.15, 0.2) is 105 Å². The van der Waals surface area contributed by atoms with E-state index in [0.717, 1.165) is 101 Å². The molecule has 6 nitrogen and oxygen atoms in total. The fraction of sp³-hybridized carbons (Fsp3) is 0.375. The smallest absolute Gasteiger partial charge is 0.0907 e. The van der Waals surface area contributed by atoms with Crippen molar-refractivity contribution in [3.8, 4) is 11.4 Å². The number of rotatable bonds is 8. The molecule has 3 aliphatic heterocycles. The Kier molecular flexibility index (Phi) is 12.6. The van der Waals surface area contributed by atoms with E-state index in [9.17, 15) is 0 Å². The van der Waals surface area contributed by atoms with E-state index in [1.54, 1.807) is 0 Å².